The molecular weight excluding hydrogens is 467 g/mol. The van der Waals surface area contributed by atoms with Gasteiger partial charge in [0.05, 0.1) is 22.8 Å². The summed E-state index contributed by atoms with van der Waals surface area (Å²) in [6.07, 6.45) is -2.82. The van der Waals surface area contributed by atoms with Crippen LogP contribution in [0.3, 0.4) is 0 Å². The third-order valence-electron chi connectivity index (χ3n) is 5.45. The molecule has 0 aliphatic carbocycles. The molecule has 0 spiro atoms. The van der Waals surface area contributed by atoms with E-state index >= 15 is 0 Å². The largest absolute Gasteiger partial charge is 0.508 e. The minimum absolute atomic E-state index is 0.168. The summed E-state index contributed by atoms with van der Waals surface area (Å²) in [6, 6.07) is 11.9. The minimum Gasteiger partial charge on any atom is -0.508 e. The van der Waals surface area contributed by atoms with Gasteiger partial charge in [0, 0.05) is 41.9 Å². The second kappa shape index (κ2) is 9.90. The van der Waals surface area contributed by atoms with Crippen molar-refractivity contribution in [1.82, 2.24) is 19.9 Å². The van der Waals surface area contributed by atoms with Gasteiger partial charge in [0.25, 0.3) is 0 Å². The standard InChI is InChI=1S/C24H23ClF3N5O/c1-2-33(14-16-6-7-18(25)11-21(16)34)9-8-29-22-12-19-20(13-30-22)32-23(31-19)15-4-3-5-17(10-15)24(26,27)28/h3-7,10-13,34H,2,8-9,14H2,1H3,(H,29,30)(H,31,32). The van der Waals surface area contributed by atoms with E-state index in [2.05, 4.69) is 25.2 Å². The summed E-state index contributed by atoms with van der Waals surface area (Å²) in [5.41, 5.74) is 1.65. The summed E-state index contributed by atoms with van der Waals surface area (Å²) in [7, 11) is 0. The average Bonchev–Trinajstić information content (AvgIpc) is 3.23. The number of phenols is 1. The van der Waals surface area contributed by atoms with E-state index in [1.807, 2.05) is 13.0 Å². The highest BCUT2D eigenvalue weighted by Crippen LogP contribution is 2.32. The number of hydrogen-bond donors (Lipinski definition) is 3. The SMILES string of the molecule is CCN(CCNc1cc2nc(-c3cccc(C(F)(F)F)c3)[nH]c2cn1)Cc1ccc(Cl)cc1O. The number of halogens is 4. The first kappa shape index (κ1) is 23.8. The Balaban J connectivity index is 1.41. The Hall–Kier alpha value is -3.30. The van der Waals surface area contributed by atoms with Crippen LogP contribution < -0.4 is 5.32 Å². The fourth-order valence-electron chi connectivity index (χ4n) is 3.59. The van der Waals surface area contributed by atoms with E-state index in [1.54, 1.807) is 24.4 Å². The van der Waals surface area contributed by atoms with E-state index in [4.69, 9.17) is 11.6 Å². The molecule has 3 N–H and O–H groups in total. The van der Waals surface area contributed by atoms with Crippen molar-refractivity contribution in [3.63, 3.8) is 0 Å². The molecule has 2 aromatic carbocycles. The number of anilines is 1. The topological polar surface area (TPSA) is 77.1 Å². The molecule has 4 rings (SSSR count). The fourth-order valence-corrected chi connectivity index (χ4v) is 3.75. The number of pyridine rings is 1. The molecule has 0 atom stereocenters. The van der Waals surface area contributed by atoms with Crippen molar-refractivity contribution in [2.45, 2.75) is 19.6 Å². The molecule has 10 heteroatoms. The Morgan fingerprint density at radius 2 is 1.97 bits per heavy atom. The van der Waals surface area contributed by atoms with Crippen molar-refractivity contribution in [1.29, 1.82) is 0 Å². The molecule has 2 aromatic heterocycles. The summed E-state index contributed by atoms with van der Waals surface area (Å²) < 4.78 is 39.1. The zero-order valence-electron chi connectivity index (χ0n) is 18.3. The number of alkyl halides is 3. The Bertz CT molecular complexity index is 1290. The quantitative estimate of drug-likeness (QED) is 0.286. The maximum Gasteiger partial charge on any atom is 0.416 e. The number of nitrogens with one attached hydrogen (secondary N) is 2. The number of aromatic nitrogens is 3. The number of imidazole rings is 1. The Morgan fingerprint density at radius 3 is 2.71 bits per heavy atom. The first-order valence-electron chi connectivity index (χ1n) is 10.7. The summed E-state index contributed by atoms with van der Waals surface area (Å²) in [5, 5.41) is 13.8. The Morgan fingerprint density at radius 1 is 1.15 bits per heavy atom. The molecule has 4 aromatic rings. The van der Waals surface area contributed by atoms with Gasteiger partial charge in [0.15, 0.2) is 0 Å². The summed E-state index contributed by atoms with van der Waals surface area (Å²) in [6.45, 7) is 4.71. The van der Waals surface area contributed by atoms with Crippen molar-refractivity contribution in [2.75, 3.05) is 25.0 Å². The van der Waals surface area contributed by atoms with Gasteiger partial charge in [-0.3, -0.25) is 4.90 Å². The number of aromatic hydroxyl groups is 1. The molecule has 0 bridgehead atoms. The van der Waals surface area contributed by atoms with Crippen LogP contribution >= 0.6 is 11.6 Å². The number of H-pyrrole nitrogens is 1. The molecule has 6 nitrogen and oxygen atoms in total. The average molecular weight is 490 g/mol. The van der Waals surface area contributed by atoms with Crippen LogP contribution in [0.4, 0.5) is 19.0 Å². The van der Waals surface area contributed by atoms with Crippen LogP contribution in [-0.4, -0.2) is 44.6 Å². The van der Waals surface area contributed by atoms with Crippen molar-refractivity contribution in [3.05, 3.63) is 70.9 Å². The third kappa shape index (κ3) is 5.60. The van der Waals surface area contributed by atoms with Crippen LogP contribution in [0.1, 0.15) is 18.1 Å². The number of hydrogen-bond acceptors (Lipinski definition) is 5. The predicted octanol–water partition coefficient (Wildman–Crippen LogP) is 5.94. The van der Waals surface area contributed by atoms with Gasteiger partial charge in [-0.25, -0.2) is 9.97 Å². The zero-order valence-corrected chi connectivity index (χ0v) is 19.1. The molecule has 0 saturated heterocycles. The molecule has 0 unspecified atom stereocenters. The third-order valence-corrected chi connectivity index (χ3v) is 5.69. The molecule has 0 aliphatic heterocycles. The fraction of sp³-hybridized carbons (Fsp3) is 0.250. The van der Waals surface area contributed by atoms with E-state index in [9.17, 15) is 18.3 Å². The number of benzene rings is 2. The van der Waals surface area contributed by atoms with Crippen LogP contribution in [0, 0.1) is 0 Å². The predicted molar refractivity (Wildman–Crippen MR) is 127 cm³/mol. The van der Waals surface area contributed by atoms with Crippen LogP contribution in [0.2, 0.25) is 5.02 Å². The lowest BCUT2D eigenvalue weighted by molar-refractivity contribution is -0.137. The van der Waals surface area contributed by atoms with Crippen LogP contribution in [0.15, 0.2) is 54.7 Å². The van der Waals surface area contributed by atoms with E-state index in [-0.39, 0.29) is 5.75 Å². The van der Waals surface area contributed by atoms with E-state index < -0.39 is 11.7 Å². The smallest absolute Gasteiger partial charge is 0.416 e. The molecule has 0 amide bonds. The summed E-state index contributed by atoms with van der Waals surface area (Å²) in [4.78, 5) is 14.0. The number of rotatable bonds is 8. The molecule has 0 radical (unpaired) electrons. The zero-order chi connectivity index (χ0) is 24.3. The number of nitrogens with zero attached hydrogens (tertiary/aromatic N) is 3. The highest BCUT2D eigenvalue weighted by molar-refractivity contribution is 6.30. The Labute approximate surface area is 199 Å². The first-order valence-corrected chi connectivity index (χ1v) is 11.1. The van der Waals surface area contributed by atoms with Gasteiger partial charge in [-0.2, -0.15) is 13.2 Å². The number of likely N-dealkylation sites (N-methyl/N-ethyl adjacent to an activating group) is 1. The van der Waals surface area contributed by atoms with Crippen molar-refractivity contribution >= 4 is 28.5 Å². The molecule has 0 saturated carbocycles. The van der Waals surface area contributed by atoms with Gasteiger partial charge in [-0.05, 0) is 30.8 Å². The monoisotopic (exact) mass is 489 g/mol. The number of aromatic amines is 1. The molecular formula is C24H23ClF3N5O. The number of fused-ring (bicyclic) bond motifs is 1. The summed E-state index contributed by atoms with van der Waals surface area (Å²) >= 11 is 5.90. The maximum absolute atomic E-state index is 13.0. The lowest BCUT2D eigenvalue weighted by atomic mass is 10.1. The lowest BCUT2D eigenvalue weighted by Crippen LogP contribution is -2.28. The van der Waals surface area contributed by atoms with Gasteiger partial charge in [-0.15, -0.1) is 0 Å². The van der Waals surface area contributed by atoms with Crippen molar-refractivity contribution < 1.29 is 18.3 Å². The van der Waals surface area contributed by atoms with Crippen LogP contribution in [0.25, 0.3) is 22.4 Å². The van der Waals surface area contributed by atoms with Crippen molar-refractivity contribution in [2.24, 2.45) is 0 Å². The second-order valence-corrected chi connectivity index (χ2v) is 8.26. The van der Waals surface area contributed by atoms with E-state index in [0.717, 1.165) is 24.2 Å². The molecule has 0 aliphatic rings. The molecule has 0 fully saturated rings. The van der Waals surface area contributed by atoms with Gasteiger partial charge < -0.3 is 15.4 Å². The number of phenolic OH excluding ortho intramolecular Hbond substituents is 1. The highest BCUT2D eigenvalue weighted by atomic mass is 35.5. The first-order chi connectivity index (χ1) is 16.2. The summed E-state index contributed by atoms with van der Waals surface area (Å²) in [5.74, 6) is 1.13. The van der Waals surface area contributed by atoms with E-state index in [0.29, 0.717) is 52.9 Å². The van der Waals surface area contributed by atoms with Gasteiger partial charge in [-0.1, -0.05) is 36.7 Å². The maximum atomic E-state index is 13.0. The Kier molecular flexibility index (Phi) is 6.95. The molecule has 178 valence electrons. The lowest BCUT2D eigenvalue weighted by Gasteiger charge is -2.21. The normalized spacial score (nSPS) is 11.9. The molecule has 2 heterocycles. The van der Waals surface area contributed by atoms with Gasteiger partial charge >= 0.3 is 6.18 Å². The van der Waals surface area contributed by atoms with Gasteiger partial charge in [0.2, 0.25) is 0 Å². The van der Waals surface area contributed by atoms with Crippen LogP contribution in [0.5, 0.6) is 5.75 Å². The van der Waals surface area contributed by atoms with Crippen molar-refractivity contribution in [3.8, 4) is 17.1 Å². The van der Waals surface area contributed by atoms with Crippen LogP contribution in [-0.2, 0) is 12.7 Å². The minimum atomic E-state index is -4.42. The molecule has 34 heavy (non-hydrogen) atoms. The highest BCUT2D eigenvalue weighted by Gasteiger charge is 2.30. The second-order valence-electron chi connectivity index (χ2n) is 7.82. The van der Waals surface area contributed by atoms with E-state index in [1.165, 1.54) is 12.1 Å². The van der Waals surface area contributed by atoms with Gasteiger partial charge in [0.1, 0.15) is 17.4 Å².